The van der Waals surface area contributed by atoms with Crippen LogP contribution in [0, 0.1) is 11.8 Å². The number of nitrogens with zero attached hydrogens (tertiary/aromatic N) is 2. The second kappa shape index (κ2) is 14.2. The number of hydrogen-bond donors (Lipinski definition) is 0. The molecule has 2 nitrogen and oxygen atoms in total. The number of hydrogen-bond acceptors (Lipinski definition) is 2. The lowest BCUT2D eigenvalue weighted by Gasteiger charge is -2.15. The summed E-state index contributed by atoms with van der Waals surface area (Å²) in [5, 5.41) is 0. The van der Waals surface area contributed by atoms with Crippen LogP contribution in [0.15, 0.2) is 146 Å². The molecule has 0 radical (unpaired) electrons. The minimum absolute atomic E-state index is 0.392. The first-order chi connectivity index (χ1) is 22.4. The highest BCUT2D eigenvalue weighted by molar-refractivity contribution is 5.85. The van der Waals surface area contributed by atoms with Gasteiger partial charge in [-0.2, -0.15) is 0 Å². The predicted octanol–water partition coefficient (Wildman–Crippen LogP) is 11.9. The summed E-state index contributed by atoms with van der Waals surface area (Å²) in [5.74, 6) is 1.51. The highest BCUT2D eigenvalue weighted by Gasteiger charge is 2.13. The largest absolute Gasteiger partial charge is 0.228 e. The zero-order valence-corrected chi connectivity index (χ0v) is 27.1. The minimum atomic E-state index is 0.392. The molecule has 226 valence electrons. The van der Waals surface area contributed by atoms with Crippen LogP contribution in [0.1, 0.15) is 49.9 Å². The molecule has 5 aromatic carbocycles. The average molecular weight is 597 g/mol. The Hall–Kier alpha value is -5.34. The summed E-state index contributed by atoms with van der Waals surface area (Å²) < 4.78 is 0. The minimum Gasteiger partial charge on any atom is -0.228 e. The highest BCUT2D eigenvalue weighted by Crippen LogP contribution is 2.32. The topological polar surface area (TPSA) is 25.8 Å². The van der Waals surface area contributed by atoms with E-state index in [0.717, 1.165) is 33.9 Å². The van der Waals surface area contributed by atoms with Gasteiger partial charge in [0.2, 0.25) is 0 Å². The zero-order valence-electron chi connectivity index (χ0n) is 27.1. The molecule has 1 aromatic heterocycles. The second-order valence-corrected chi connectivity index (χ2v) is 12.3. The Morgan fingerprint density at radius 2 is 0.804 bits per heavy atom. The molecule has 0 aliphatic rings. The Bertz CT molecular complexity index is 1810. The normalized spacial score (nSPS) is 12.1. The van der Waals surface area contributed by atoms with Gasteiger partial charge in [-0.3, -0.25) is 0 Å². The van der Waals surface area contributed by atoms with Crippen LogP contribution in [0.4, 0.5) is 0 Å². The van der Waals surface area contributed by atoms with Gasteiger partial charge in [-0.15, -0.1) is 0 Å². The van der Waals surface area contributed by atoms with Crippen LogP contribution in [0.3, 0.4) is 0 Å². The Morgan fingerprint density at radius 3 is 1.17 bits per heavy atom. The lowest BCUT2D eigenvalue weighted by atomic mass is 9.92. The Kier molecular flexibility index (Phi) is 9.45. The highest BCUT2D eigenvalue weighted by atomic mass is 14.9. The maximum absolute atomic E-state index is 5.06. The molecule has 0 unspecified atom stereocenters. The third kappa shape index (κ3) is 7.30. The van der Waals surface area contributed by atoms with E-state index in [1.54, 1.807) is 0 Å². The van der Waals surface area contributed by atoms with Crippen LogP contribution >= 0.6 is 0 Å². The van der Waals surface area contributed by atoms with E-state index in [-0.39, 0.29) is 0 Å². The molecule has 0 spiro atoms. The van der Waals surface area contributed by atoms with E-state index in [9.17, 15) is 0 Å². The maximum atomic E-state index is 5.06. The molecule has 2 heteroatoms. The molecule has 0 N–H and O–H groups in total. The molecular formula is C44H40N2. The lowest BCUT2D eigenvalue weighted by Crippen LogP contribution is -1.98. The van der Waals surface area contributed by atoms with E-state index in [4.69, 9.17) is 9.97 Å². The summed E-state index contributed by atoms with van der Waals surface area (Å²) in [6.07, 6.45) is 4.58. The van der Waals surface area contributed by atoms with Gasteiger partial charge in [0, 0.05) is 16.7 Å². The first kappa shape index (κ1) is 30.7. The van der Waals surface area contributed by atoms with E-state index >= 15 is 0 Å². The van der Waals surface area contributed by atoms with Crippen LogP contribution in [0.25, 0.3) is 57.2 Å². The lowest BCUT2D eigenvalue weighted by molar-refractivity contribution is 0.859. The summed E-state index contributed by atoms with van der Waals surface area (Å²) in [7, 11) is 0. The van der Waals surface area contributed by atoms with Crippen molar-refractivity contribution in [1.82, 2.24) is 9.97 Å². The molecular weight excluding hydrogens is 556 g/mol. The van der Waals surface area contributed by atoms with Gasteiger partial charge in [-0.25, -0.2) is 9.97 Å². The molecule has 0 aliphatic carbocycles. The summed E-state index contributed by atoms with van der Waals surface area (Å²) in [6.45, 7) is 8.99. The SMILES string of the molecule is CC(C)/C(=C\c1ccccc1)c1ccc(-c2cc(-c3ccc(/C(=C/c4ccccc4)C(C)C)cc3)nc(-c3ccccc3)n2)cc1. The van der Waals surface area contributed by atoms with Crippen molar-refractivity contribution < 1.29 is 0 Å². The van der Waals surface area contributed by atoms with E-state index in [2.05, 4.69) is 167 Å². The van der Waals surface area contributed by atoms with Crippen LogP contribution in [0.2, 0.25) is 0 Å². The third-order valence-electron chi connectivity index (χ3n) is 8.27. The molecule has 0 bridgehead atoms. The van der Waals surface area contributed by atoms with Crippen LogP contribution < -0.4 is 0 Å². The standard InChI is InChI=1S/C44H40N2/c1-31(2)40(28-33-14-8-5-9-15-33)35-20-24-37(25-21-35)42-30-43(46-44(45-42)39-18-12-7-13-19-39)38-26-22-36(23-27-38)41(32(3)4)29-34-16-10-6-11-17-34/h5-32H,1-4H3/b40-28+,41-29+. The van der Waals surface area contributed by atoms with Crippen molar-refractivity contribution in [3.05, 3.63) is 168 Å². The fourth-order valence-electron chi connectivity index (χ4n) is 5.75. The van der Waals surface area contributed by atoms with E-state index in [1.165, 1.54) is 33.4 Å². The summed E-state index contributed by atoms with van der Waals surface area (Å²) in [6, 6.07) is 51.0. The number of aromatic nitrogens is 2. The molecule has 0 fully saturated rings. The van der Waals surface area contributed by atoms with Gasteiger partial charge in [-0.05, 0) is 51.3 Å². The van der Waals surface area contributed by atoms with Crippen molar-refractivity contribution >= 4 is 23.3 Å². The van der Waals surface area contributed by atoms with E-state index in [1.807, 2.05) is 18.2 Å². The number of allylic oxidation sites excluding steroid dienone is 2. The predicted molar refractivity (Wildman–Crippen MR) is 197 cm³/mol. The van der Waals surface area contributed by atoms with Crippen molar-refractivity contribution in [2.24, 2.45) is 11.8 Å². The van der Waals surface area contributed by atoms with Gasteiger partial charge < -0.3 is 0 Å². The van der Waals surface area contributed by atoms with E-state index in [0.29, 0.717) is 11.8 Å². The Labute approximate surface area is 273 Å². The third-order valence-corrected chi connectivity index (χ3v) is 8.27. The summed E-state index contributed by atoms with van der Waals surface area (Å²) >= 11 is 0. The number of benzene rings is 5. The van der Waals surface area contributed by atoms with Gasteiger partial charge in [0.15, 0.2) is 5.82 Å². The van der Waals surface area contributed by atoms with Crippen molar-refractivity contribution in [1.29, 1.82) is 0 Å². The molecule has 46 heavy (non-hydrogen) atoms. The fourth-order valence-corrected chi connectivity index (χ4v) is 5.75. The van der Waals surface area contributed by atoms with Gasteiger partial charge in [0.25, 0.3) is 0 Å². The van der Waals surface area contributed by atoms with Gasteiger partial charge in [0.1, 0.15) is 0 Å². The first-order valence-corrected chi connectivity index (χ1v) is 16.1. The van der Waals surface area contributed by atoms with Gasteiger partial charge in [-0.1, -0.05) is 179 Å². The second-order valence-electron chi connectivity index (χ2n) is 12.3. The number of rotatable bonds is 9. The molecule has 0 saturated carbocycles. The molecule has 6 aromatic rings. The average Bonchev–Trinajstić information content (AvgIpc) is 3.10. The van der Waals surface area contributed by atoms with Crippen molar-refractivity contribution in [3.63, 3.8) is 0 Å². The smallest absolute Gasteiger partial charge is 0.160 e. The Balaban J connectivity index is 1.37. The monoisotopic (exact) mass is 596 g/mol. The molecule has 0 aliphatic heterocycles. The molecule has 0 saturated heterocycles. The fraction of sp³-hybridized carbons (Fsp3) is 0.136. The van der Waals surface area contributed by atoms with Gasteiger partial charge >= 0.3 is 0 Å². The molecule has 0 atom stereocenters. The summed E-state index contributed by atoms with van der Waals surface area (Å²) in [5.41, 5.74) is 12.4. The van der Waals surface area contributed by atoms with Crippen LogP contribution in [0.5, 0.6) is 0 Å². The van der Waals surface area contributed by atoms with E-state index < -0.39 is 0 Å². The van der Waals surface area contributed by atoms with Gasteiger partial charge in [0.05, 0.1) is 11.4 Å². The van der Waals surface area contributed by atoms with Crippen molar-refractivity contribution in [2.75, 3.05) is 0 Å². The Morgan fingerprint density at radius 1 is 0.435 bits per heavy atom. The molecule has 6 rings (SSSR count). The molecule has 1 heterocycles. The zero-order chi connectivity index (χ0) is 31.9. The molecule has 0 amide bonds. The van der Waals surface area contributed by atoms with Crippen molar-refractivity contribution in [3.8, 4) is 33.9 Å². The maximum Gasteiger partial charge on any atom is 0.160 e. The quantitative estimate of drug-likeness (QED) is 0.155. The van der Waals surface area contributed by atoms with Crippen LogP contribution in [-0.4, -0.2) is 9.97 Å². The first-order valence-electron chi connectivity index (χ1n) is 16.1. The van der Waals surface area contributed by atoms with Crippen molar-refractivity contribution in [2.45, 2.75) is 27.7 Å². The van der Waals surface area contributed by atoms with Crippen LogP contribution in [-0.2, 0) is 0 Å². The summed E-state index contributed by atoms with van der Waals surface area (Å²) in [4.78, 5) is 10.1.